The molecule has 0 aromatic heterocycles. The van der Waals surface area contributed by atoms with Crippen molar-refractivity contribution in [2.45, 2.75) is 52.4 Å². The van der Waals surface area contributed by atoms with Crippen molar-refractivity contribution in [1.29, 1.82) is 0 Å². The van der Waals surface area contributed by atoms with E-state index in [0.717, 1.165) is 19.1 Å². The van der Waals surface area contributed by atoms with Crippen LogP contribution in [0.1, 0.15) is 52.4 Å². The highest BCUT2D eigenvalue weighted by atomic mass is 16.5. The van der Waals surface area contributed by atoms with Crippen LogP contribution in [0.15, 0.2) is 0 Å². The lowest BCUT2D eigenvalue weighted by molar-refractivity contribution is -0.144. The smallest absolute Gasteiger partial charge is 0.306 e. The minimum Gasteiger partial charge on any atom is -0.466 e. The molecule has 0 aromatic carbocycles. The van der Waals surface area contributed by atoms with Gasteiger partial charge in [-0.1, -0.05) is 33.1 Å². The molecule has 15 heavy (non-hydrogen) atoms. The monoisotopic (exact) mass is 214 g/mol. The largest absolute Gasteiger partial charge is 0.466 e. The number of rotatable bonds is 9. The molecule has 0 aliphatic carbocycles. The second kappa shape index (κ2) is 9.69. The summed E-state index contributed by atoms with van der Waals surface area (Å²) in [6, 6.07) is 0. The zero-order valence-corrected chi connectivity index (χ0v) is 9.83. The van der Waals surface area contributed by atoms with Gasteiger partial charge in [0.1, 0.15) is 6.29 Å². The van der Waals surface area contributed by atoms with Gasteiger partial charge in [-0.25, -0.2) is 0 Å². The van der Waals surface area contributed by atoms with Gasteiger partial charge in [0, 0.05) is 12.8 Å². The number of carbonyl (C=O) groups excluding carboxylic acids is 2. The van der Waals surface area contributed by atoms with Gasteiger partial charge in [-0.05, 0) is 12.3 Å². The van der Waals surface area contributed by atoms with Crippen LogP contribution in [0.3, 0.4) is 0 Å². The first-order valence-corrected chi connectivity index (χ1v) is 5.80. The first kappa shape index (κ1) is 14.1. The summed E-state index contributed by atoms with van der Waals surface area (Å²) in [4.78, 5) is 21.4. The van der Waals surface area contributed by atoms with Crippen molar-refractivity contribution in [2.24, 2.45) is 5.92 Å². The lowest BCUT2D eigenvalue weighted by Gasteiger charge is -2.07. The molecule has 0 aliphatic rings. The molecule has 0 spiro atoms. The normalized spacial score (nSPS) is 12.1. The molecule has 0 amide bonds. The number of esters is 1. The van der Waals surface area contributed by atoms with Crippen LogP contribution in [-0.4, -0.2) is 18.9 Å². The van der Waals surface area contributed by atoms with E-state index in [1.807, 2.05) is 6.92 Å². The summed E-state index contributed by atoms with van der Waals surface area (Å²) in [5.74, 6) is -0.0773. The molecule has 0 saturated carbocycles. The number of carbonyl (C=O) groups is 2. The Kier molecular flexibility index (Phi) is 9.13. The molecule has 0 aliphatic heterocycles. The maximum Gasteiger partial charge on any atom is 0.306 e. The van der Waals surface area contributed by atoms with Crippen molar-refractivity contribution in [3.05, 3.63) is 0 Å². The van der Waals surface area contributed by atoms with E-state index in [1.54, 1.807) is 0 Å². The second-order valence-electron chi connectivity index (χ2n) is 3.99. The summed E-state index contributed by atoms with van der Waals surface area (Å²) < 4.78 is 5.05. The minimum atomic E-state index is -0.180. The fraction of sp³-hybridized carbons (Fsp3) is 0.833. The predicted octanol–water partition coefficient (Wildman–Crippen LogP) is 2.73. The van der Waals surface area contributed by atoms with Crippen molar-refractivity contribution < 1.29 is 14.3 Å². The van der Waals surface area contributed by atoms with Crippen LogP contribution in [0.25, 0.3) is 0 Å². The Morgan fingerprint density at radius 3 is 2.67 bits per heavy atom. The molecule has 0 radical (unpaired) electrons. The van der Waals surface area contributed by atoms with Crippen molar-refractivity contribution in [1.82, 2.24) is 0 Å². The number of hydrogen-bond acceptors (Lipinski definition) is 3. The van der Waals surface area contributed by atoms with Crippen LogP contribution in [-0.2, 0) is 14.3 Å². The van der Waals surface area contributed by atoms with Crippen molar-refractivity contribution in [2.75, 3.05) is 6.61 Å². The third kappa shape index (κ3) is 9.44. The van der Waals surface area contributed by atoms with Crippen LogP contribution in [0.2, 0.25) is 0 Å². The first-order valence-electron chi connectivity index (χ1n) is 5.80. The van der Waals surface area contributed by atoms with E-state index in [2.05, 4.69) is 6.92 Å². The summed E-state index contributed by atoms with van der Waals surface area (Å²) in [6.07, 6.45) is 6.08. The summed E-state index contributed by atoms with van der Waals surface area (Å²) in [5, 5.41) is 0. The number of aldehydes is 1. The molecule has 0 bridgehead atoms. The third-order valence-electron chi connectivity index (χ3n) is 2.27. The zero-order chi connectivity index (χ0) is 11.5. The maximum absolute atomic E-state index is 11.2. The molecule has 88 valence electrons. The fourth-order valence-corrected chi connectivity index (χ4v) is 1.31. The van der Waals surface area contributed by atoms with Gasteiger partial charge in [-0.2, -0.15) is 0 Å². The molecule has 1 atom stereocenters. The van der Waals surface area contributed by atoms with Gasteiger partial charge in [0.2, 0.25) is 0 Å². The Balaban J connectivity index is 3.36. The molecular weight excluding hydrogens is 192 g/mol. The first-order chi connectivity index (χ1) is 7.20. The zero-order valence-electron chi connectivity index (χ0n) is 9.83. The van der Waals surface area contributed by atoms with Crippen LogP contribution >= 0.6 is 0 Å². The quantitative estimate of drug-likeness (QED) is 0.337. The third-order valence-corrected chi connectivity index (χ3v) is 2.27. The van der Waals surface area contributed by atoms with E-state index in [-0.39, 0.29) is 11.9 Å². The molecule has 1 unspecified atom stereocenters. The van der Waals surface area contributed by atoms with Gasteiger partial charge in [0.25, 0.3) is 0 Å². The molecule has 3 nitrogen and oxygen atoms in total. The Hall–Kier alpha value is -0.860. The predicted molar refractivity (Wildman–Crippen MR) is 59.6 cm³/mol. The van der Waals surface area contributed by atoms with Gasteiger partial charge in [0.05, 0.1) is 6.61 Å². The van der Waals surface area contributed by atoms with Gasteiger partial charge in [0.15, 0.2) is 0 Å². The maximum atomic E-state index is 11.2. The van der Waals surface area contributed by atoms with E-state index in [4.69, 9.17) is 4.74 Å². The van der Waals surface area contributed by atoms with Gasteiger partial charge < -0.3 is 9.53 Å². The molecular formula is C12H22O3. The van der Waals surface area contributed by atoms with Gasteiger partial charge in [-0.3, -0.25) is 4.79 Å². The Morgan fingerprint density at radius 2 is 2.07 bits per heavy atom. The molecule has 3 heteroatoms. The van der Waals surface area contributed by atoms with Crippen molar-refractivity contribution in [3.8, 4) is 0 Å². The molecule has 0 fully saturated rings. The lowest BCUT2D eigenvalue weighted by atomic mass is 10.1. The van der Waals surface area contributed by atoms with Crippen LogP contribution in [0, 0.1) is 5.92 Å². The van der Waals surface area contributed by atoms with Crippen LogP contribution < -0.4 is 0 Å². The Morgan fingerprint density at radius 1 is 1.33 bits per heavy atom. The number of hydrogen-bond donors (Lipinski definition) is 0. The summed E-state index contributed by atoms with van der Waals surface area (Å²) in [6.45, 7) is 4.55. The van der Waals surface area contributed by atoms with Crippen LogP contribution in [0.4, 0.5) is 0 Å². The Bertz CT molecular complexity index is 178. The lowest BCUT2D eigenvalue weighted by Crippen LogP contribution is -2.10. The molecule has 0 saturated heterocycles. The van der Waals surface area contributed by atoms with E-state index >= 15 is 0 Å². The minimum absolute atomic E-state index is 0.102. The average molecular weight is 214 g/mol. The highest BCUT2D eigenvalue weighted by Gasteiger charge is 2.09. The Labute approximate surface area is 92.2 Å². The second-order valence-corrected chi connectivity index (χ2v) is 3.99. The fourth-order valence-electron chi connectivity index (χ4n) is 1.31. The molecule has 0 rings (SSSR count). The van der Waals surface area contributed by atoms with E-state index < -0.39 is 0 Å². The van der Waals surface area contributed by atoms with Gasteiger partial charge in [-0.15, -0.1) is 0 Å². The van der Waals surface area contributed by atoms with Gasteiger partial charge >= 0.3 is 5.97 Å². The summed E-state index contributed by atoms with van der Waals surface area (Å²) in [5.41, 5.74) is 0. The summed E-state index contributed by atoms with van der Waals surface area (Å²) in [7, 11) is 0. The SMILES string of the molecule is CCCCCCOC(=O)CC(C)CC=O. The van der Waals surface area contributed by atoms with Crippen molar-refractivity contribution >= 4 is 12.3 Å². The van der Waals surface area contributed by atoms with E-state index in [1.165, 1.54) is 12.8 Å². The topological polar surface area (TPSA) is 43.4 Å². The average Bonchev–Trinajstić information content (AvgIpc) is 2.17. The highest BCUT2D eigenvalue weighted by molar-refractivity contribution is 5.70. The standard InChI is InChI=1S/C12H22O3/c1-3-4-5-6-9-15-12(14)10-11(2)7-8-13/h8,11H,3-7,9-10H2,1-2H3. The summed E-state index contributed by atoms with van der Waals surface area (Å²) >= 11 is 0. The molecule has 0 heterocycles. The van der Waals surface area contributed by atoms with E-state index in [9.17, 15) is 9.59 Å². The van der Waals surface area contributed by atoms with Crippen LogP contribution in [0.5, 0.6) is 0 Å². The highest BCUT2D eigenvalue weighted by Crippen LogP contribution is 2.07. The number of ether oxygens (including phenoxy) is 1. The van der Waals surface area contributed by atoms with E-state index in [0.29, 0.717) is 19.4 Å². The number of unbranched alkanes of at least 4 members (excludes halogenated alkanes) is 3. The molecule has 0 aromatic rings. The molecule has 0 N–H and O–H groups in total. The van der Waals surface area contributed by atoms with Crippen molar-refractivity contribution in [3.63, 3.8) is 0 Å².